The summed E-state index contributed by atoms with van der Waals surface area (Å²) in [7, 11) is 0. The molecule has 0 fully saturated rings. The lowest BCUT2D eigenvalue weighted by Gasteiger charge is -2.15. The van der Waals surface area contributed by atoms with Crippen LogP contribution in [0.5, 0.6) is 5.75 Å². The van der Waals surface area contributed by atoms with Gasteiger partial charge in [0.1, 0.15) is 11.6 Å². The molecular formula is C25H30N4O2S2. The van der Waals surface area contributed by atoms with Crippen LogP contribution in [0.3, 0.4) is 0 Å². The number of hydrogen-bond acceptors (Lipinski definition) is 6. The number of amides is 1. The van der Waals surface area contributed by atoms with Crippen LogP contribution in [0.15, 0.2) is 71.2 Å². The zero-order chi connectivity index (χ0) is 23.6. The molecule has 1 amide bonds. The Balaban J connectivity index is 1.67. The summed E-state index contributed by atoms with van der Waals surface area (Å²) in [5, 5.41) is 12.2. The topological polar surface area (TPSA) is 69.0 Å². The Morgan fingerprint density at radius 3 is 2.52 bits per heavy atom. The van der Waals surface area contributed by atoms with Crippen molar-refractivity contribution in [3.05, 3.63) is 72.6 Å². The summed E-state index contributed by atoms with van der Waals surface area (Å²) < 4.78 is 7.49. The number of nitrogens with zero attached hydrogens (tertiary/aromatic N) is 3. The van der Waals surface area contributed by atoms with Crippen molar-refractivity contribution in [2.24, 2.45) is 0 Å². The Hall–Kier alpha value is -2.71. The normalized spacial score (nSPS) is 11.7. The summed E-state index contributed by atoms with van der Waals surface area (Å²) in [5.41, 5.74) is 1.98. The third-order valence-electron chi connectivity index (χ3n) is 4.84. The van der Waals surface area contributed by atoms with Crippen molar-refractivity contribution in [3.8, 4) is 5.75 Å². The van der Waals surface area contributed by atoms with Gasteiger partial charge in [-0.25, -0.2) is 0 Å². The predicted octanol–water partition coefficient (Wildman–Crippen LogP) is 5.97. The minimum absolute atomic E-state index is 0.0598. The molecule has 0 radical (unpaired) electrons. The van der Waals surface area contributed by atoms with Gasteiger partial charge in [0, 0.05) is 17.1 Å². The lowest BCUT2D eigenvalue weighted by atomic mass is 10.2. The first-order chi connectivity index (χ1) is 16.0. The Morgan fingerprint density at radius 1 is 1.15 bits per heavy atom. The zero-order valence-corrected chi connectivity index (χ0v) is 20.9. The second kappa shape index (κ2) is 12.5. The van der Waals surface area contributed by atoms with Crippen LogP contribution in [0.25, 0.3) is 0 Å². The number of rotatable bonds is 12. The highest BCUT2D eigenvalue weighted by Crippen LogP contribution is 2.29. The molecule has 1 heterocycles. The van der Waals surface area contributed by atoms with E-state index in [0.717, 1.165) is 22.4 Å². The second-order valence-corrected chi connectivity index (χ2v) is 9.58. The maximum absolute atomic E-state index is 12.9. The lowest BCUT2D eigenvalue weighted by Crippen LogP contribution is -2.25. The fourth-order valence-corrected chi connectivity index (χ4v) is 4.90. The molecule has 1 N–H and O–H groups in total. The molecule has 3 aromatic rings. The highest BCUT2D eigenvalue weighted by atomic mass is 32.2. The minimum atomic E-state index is -0.290. The SMILES string of the molecule is C=CCn1c(CSc2ccc(C)cc2)nnc1SC(CC)C(=O)Nc1ccc(OCC)cc1. The van der Waals surface area contributed by atoms with Crippen LogP contribution < -0.4 is 10.1 Å². The standard InChI is InChI=1S/C25H30N4O2S2/c1-5-16-29-23(17-32-21-14-8-18(4)9-15-21)27-28-25(29)33-22(6-2)24(30)26-19-10-12-20(13-11-19)31-7-3/h5,8-15,22H,1,6-7,16-17H2,2-4H3,(H,26,30). The molecule has 0 saturated heterocycles. The lowest BCUT2D eigenvalue weighted by molar-refractivity contribution is -0.115. The van der Waals surface area contributed by atoms with Crippen molar-refractivity contribution in [2.75, 3.05) is 11.9 Å². The van der Waals surface area contributed by atoms with Crippen molar-refractivity contribution >= 4 is 35.1 Å². The molecule has 174 valence electrons. The molecule has 2 aromatic carbocycles. The molecule has 0 saturated carbocycles. The molecule has 1 atom stereocenters. The number of carbonyl (C=O) groups excluding carboxylic acids is 1. The predicted molar refractivity (Wildman–Crippen MR) is 137 cm³/mol. The Kier molecular flexibility index (Phi) is 9.45. The molecule has 0 aliphatic rings. The zero-order valence-electron chi connectivity index (χ0n) is 19.3. The maximum Gasteiger partial charge on any atom is 0.237 e. The van der Waals surface area contributed by atoms with Crippen molar-refractivity contribution in [1.82, 2.24) is 14.8 Å². The van der Waals surface area contributed by atoms with Crippen LogP contribution in [0.1, 0.15) is 31.7 Å². The van der Waals surface area contributed by atoms with Gasteiger partial charge in [-0.3, -0.25) is 4.79 Å². The van der Waals surface area contributed by atoms with Gasteiger partial charge in [-0.05, 0) is 56.7 Å². The summed E-state index contributed by atoms with van der Waals surface area (Å²) in [4.78, 5) is 14.1. The van der Waals surface area contributed by atoms with Gasteiger partial charge in [-0.2, -0.15) is 0 Å². The average molecular weight is 483 g/mol. The van der Waals surface area contributed by atoms with Gasteiger partial charge in [0.2, 0.25) is 5.91 Å². The van der Waals surface area contributed by atoms with Gasteiger partial charge in [-0.1, -0.05) is 42.5 Å². The van der Waals surface area contributed by atoms with Crippen LogP contribution in [0, 0.1) is 6.92 Å². The summed E-state index contributed by atoms with van der Waals surface area (Å²) >= 11 is 3.15. The first kappa shape index (κ1) is 24.9. The first-order valence-corrected chi connectivity index (χ1v) is 12.8. The van der Waals surface area contributed by atoms with Crippen LogP contribution in [0.4, 0.5) is 5.69 Å². The molecule has 3 rings (SSSR count). The van der Waals surface area contributed by atoms with Gasteiger partial charge in [0.05, 0.1) is 17.6 Å². The maximum atomic E-state index is 12.9. The third kappa shape index (κ3) is 7.14. The van der Waals surface area contributed by atoms with E-state index in [4.69, 9.17) is 4.74 Å². The molecule has 0 aliphatic carbocycles. The van der Waals surface area contributed by atoms with Gasteiger partial charge in [-0.15, -0.1) is 28.5 Å². The van der Waals surface area contributed by atoms with Crippen LogP contribution in [-0.4, -0.2) is 32.5 Å². The van der Waals surface area contributed by atoms with E-state index < -0.39 is 0 Å². The highest BCUT2D eigenvalue weighted by Gasteiger charge is 2.22. The van der Waals surface area contributed by atoms with Crippen molar-refractivity contribution in [2.45, 2.75) is 54.8 Å². The number of aromatic nitrogens is 3. The van der Waals surface area contributed by atoms with Crippen LogP contribution in [0.2, 0.25) is 0 Å². The van der Waals surface area contributed by atoms with Crippen molar-refractivity contribution in [3.63, 3.8) is 0 Å². The molecule has 6 nitrogen and oxygen atoms in total. The number of ether oxygens (including phenoxy) is 1. The quantitative estimate of drug-likeness (QED) is 0.253. The van der Waals surface area contributed by atoms with Crippen LogP contribution in [-0.2, 0) is 17.1 Å². The van der Waals surface area contributed by atoms with E-state index in [1.807, 2.05) is 48.8 Å². The molecule has 0 bridgehead atoms. The Labute approximate surface area is 204 Å². The highest BCUT2D eigenvalue weighted by molar-refractivity contribution is 8.00. The van der Waals surface area contributed by atoms with Crippen molar-refractivity contribution in [1.29, 1.82) is 0 Å². The molecule has 0 spiro atoms. The molecular weight excluding hydrogens is 452 g/mol. The van der Waals surface area contributed by atoms with Gasteiger partial charge >= 0.3 is 0 Å². The van der Waals surface area contributed by atoms with Gasteiger partial charge < -0.3 is 14.6 Å². The average Bonchev–Trinajstić information content (AvgIpc) is 3.20. The van der Waals surface area contributed by atoms with E-state index in [1.165, 1.54) is 22.2 Å². The summed E-state index contributed by atoms with van der Waals surface area (Å²) in [5.74, 6) is 2.28. The number of hydrogen-bond donors (Lipinski definition) is 1. The van der Waals surface area contributed by atoms with E-state index in [9.17, 15) is 4.79 Å². The van der Waals surface area contributed by atoms with E-state index in [-0.39, 0.29) is 11.2 Å². The van der Waals surface area contributed by atoms with E-state index >= 15 is 0 Å². The number of carbonyl (C=O) groups is 1. The summed E-state index contributed by atoms with van der Waals surface area (Å²) in [6, 6.07) is 15.8. The van der Waals surface area contributed by atoms with E-state index in [1.54, 1.807) is 11.8 Å². The molecule has 8 heteroatoms. The monoisotopic (exact) mass is 482 g/mol. The molecule has 1 aromatic heterocycles. The van der Waals surface area contributed by atoms with Gasteiger partial charge in [0.15, 0.2) is 5.16 Å². The number of anilines is 1. The smallest absolute Gasteiger partial charge is 0.237 e. The Morgan fingerprint density at radius 2 is 1.88 bits per heavy atom. The molecule has 33 heavy (non-hydrogen) atoms. The summed E-state index contributed by atoms with van der Waals surface area (Å²) in [6.45, 7) is 11.1. The fourth-order valence-electron chi connectivity index (χ4n) is 3.08. The minimum Gasteiger partial charge on any atom is -0.494 e. The Bertz CT molecular complexity index is 1050. The number of thioether (sulfide) groups is 2. The largest absolute Gasteiger partial charge is 0.494 e. The molecule has 0 aliphatic heterocycles. The number of benzene rings is 2. The van der Waals surface area contributed by atoms with Gasteiger partial charge in [0.25, 0.3) is 0 Å². The summed E-state index contributed by atoms with van der Waals surface area (Å²) in [6.07, 6.45) is 2.50. The number of allylic oxidation sites excluding steroid dienone is 1. The van der Waals surface area contributed by atoms with E-state index in [2.05, 4.69) is 53.3 Å². The van der Waals surface area contributed by atoms with E-state index in [0.29, 0.717) is 25.3 Å². The first-order valence-electron chi connectivity index (χ1n) is 11.0. The van der Waals surface area contributed by atoms with Crippen LogP contribution >= 0.6 is 23.5 Å². The molecule has 1 unspecified atom stereocenters. The fraction of sp³-hybridized carbons (Fsp3) is 0.320. The number of aryl methyl sites for hydroxylation is 1. The number of nitrogens with one attached hydrogen (secondary N) is 1. The van der Waals surface area contributed by atoms with Crippen molar-refractivity contribution < 1.29 is 9.53 Å². The third-order valence-corrected chi connectivity index (χ3v) is 7.19. The second-order valence-electron chi connectivity index (χ2n) is 7.36.